The van der Waals surface area contributed by atoms with E-state index in [0.29, 0.717) is 6.07 Å². The van der Waals surface area contributed by atoms with E-state index >= 15 is 0 Å². The minimum absolute atomic E-state index is 0.271. The van der Waals surface area contributed by atoms with Gasteiger partial charge in [-0.2, -0.15) is 9.37 Å². The normalized spacial score (nSPS) is 12.3. The Morgan fingerprint density at radius 1 is 1.05 bits per heavy atom. The van der Waals surface area contributed by atoms with Crippen LogP contribution in [0.15, 0.2) is 30.3 Å². The first-order chi connectivity index (χ1) is 8.97. The van der Waals surface area contributed by atoms with Gasteiger partial charge >= 0.3 is 0 Å². The molecule has 1 heterocycles. The fourth-order valence-electron chi connectivity index (χ4n) is 1.69. The third-order valence-corrected chi connectivity index (χ3v) is 2.82. The number of hydrogen-bond acceptors (Lipinski definition) is 2. The summed E-state index contributed by atoms with van der Waals surface area (Å²) < 4.78 is 39.2. The number of aromatic nitrogens is 1. The zero-order chi connectivity index (χ0) is 14.0. The molecular weight excluding hydrogens is 253 g/mol. The third-order valence-electron chi connectivity index (χ3n) is 2.82. The van der Waals surface area contributed by atoms with Gasteiger partial charge in [-0.1, -0.05) is 29.8 Å². The van der Waals surface area contributed by atoms with Gasteiger partial charge in [-0.3, -0.25) is 0 Å². The molecule has 0 spiro atoms. The number of rotatable bonds is 3. The van der Waals surface area contributed by atoms with E-state index in [9.17, 15) is 13.2 Å². The van der Waals surface area contributed by atoms with Gasteiger partial charge in [0.15, 0.2) is 17.5 Å². The first-order valence-corrected chi connectivity index (χ1v) is 5.82. The smallest absolute Gasteiger partial charge is 0.251 e. The predicted octanol–water partition coefficient (Wildman–Crippen LogP) is 3.98. The Bertz CT molecular complexity index is 582. The Morgan fingerprint density at radius 2 is 1.68 bits per heavy atom. The maximum atomic E-state index is 13.4. The molecule has 1 aromatic carbocycles. The lowest BCUT2D eigenvalue weighted by molar-refractivity contribution is 0.465. The SMILES string of the molecule is Cc1ccc(C(C)Nc2nc(F)c(F)cc2F)cc1. The van der Waals surface area contributed by atoms with Crippen molar-refractivity contribution >= 4 is 5.82 Å². The second-order valence-electron chi connectivity index (χ2n) is 4.37. The number of anilines is 1. The summed E-state index contributed by atoms with van der Waals surface area (Å²) in [5.41, 5.74) is 2.00. The highest BCUT2D eigenvalue weighted by Gasteiger charge is 2.14. The van der Waals surface area contributed by atoms with E-state index in [0.717, 1.165) is 11.1 Å². The Balaban J connectivity index is 2.21. The molecule has 1 N–H and O–H groups in total. The van der Waals surface area contributed by atoms with Gasteiger partial charge in [0, 0.05) is 6.07 Å². The molecule has 0 saturated heterocycles. The molecule has 100 valence electrons. The summed E-state index contributed by atoms with van der Waals surface area (Å²) in [5, 5.41) is 2.72. The highest BCUT2D eigenvalue weighted by molar-refractivity contribution is 5.40. The van der Waals surface area contributed by atoms with E-state index in [1.165, 1.54) is 0 Å². The molecule has 1 atom stereocenters. The van der Waals surface area contributed by atoms with Crippen molar-refractivity contribution < 1.29 is 13.2 Å². The molecule has 0 amide bonds. The average Bonchev–Trinajstić information content (AvgIpc) is 2.36. The molecule has 1 aromatic heterocycles. The molecule has 0 saturated carbocycles. The van der Waals surface area contributed by atoms with Crippen LogP contribution in [0.2, 0.25) is 0 Å². The number of pyridine rings is 1. The van der Waals surface area contributed by atoms with Crippen LogP contribution in [0.3, 0.4) is 0 Å². The Kier molecular flexibility index (Phi) is 3.74. The van der Waals surface area contributed by atoms with E-state index in [4.69, 9.17) is 0 Å². The summed E-state index contributed by atoms with van der Waals surface area (Å²) >= 11 is 0. The molecule has 0 bridgehead atoms. The highest BCUT2D eigenvalue weighted by atomic mass is 19.2. The Morgan fingerprint density at radius 3 is 2.32 bits per heavy atom. The van der Waals surface area contributed by atoms with Crippen LogP contribution in [0.25, 0.3) is 0 Å². The fourth-order valence-corrected chi connectivity index (χ4v) is 1.69. The number of benzene rings is 1. The second kappa shape index (κ2) is 5.30. The lowest BCUT2D eigenvalue weighted by Crippen LogP contribution is -2.11. The zero-order valence-corrected chi connectivity index (χ0v) is 10.5. The van der Waals surface area contributed by atoms with Crippen molar-refractivity contribution in [2.75, 3.05) is 5.32 Å². The molecule has 19 heavy (non-hydrogen) atoms. The largest absolute Gasteiger partial charge is 0.361 e. The van der Waals surface area contributed by atoms with E-state index in [2.05, 4.69) is 10.3 Å². The number of nitrogens with zero attached hydrogens (tertiary/aromatic N) is 1. The van der Waals surface area contributed by atoms with Crippen LogP contribution in [0, 0.1) is 24.5 Å². The maximum absolute atomic E-state index is 13.4. The van der Waals surface area contributed by atoms with Crippen molar-refractivity contribution in [3.63, 3.8) is 0 Å². The van der Waals surface area contributed by atoms with Gasteiger partial charge in [-0.15, -0.1) is 0 Å². The summed E-state index contributed by atoms with van der Waals surface area (Å²) in [4.78, 5) is 3.23. The van der Waals surface area contributed by atoms with E-state index in [-0.39, 0.29) is 11.9 Å². The molecule has 5 heteroatoms. The zero-order valence-electron chi connectivity index (χ0n) is 10.5. The van der Waals surface area contributed by atoms with Crippen LogP contribution in [0.1, 0.15) is 24.1 Å². The summed E-state index contributed by atoms with van der Waals surface area (Å²) in [6, 6.07) is 7.81. The first kappa shape index (κ1) is 13.4. The van der Waals surface area contributed by atoms with Crippen molar-refractivity contribution in [3.05, 3.63) is 59.0 Å². The highest BCUT2D eigenvalue weighted by Crippen LogP contribution is 2.21. The Labute approximate surface area is 109 Å². The van der Waals surface area contributed by atoms with E-state index in [1.54, 1.807) is 6.92 Å². The first-order valence-electron chi connectivity index (χ1n) is 5.82. The number of hydrogen-bond donors (Lipinski definition) is 1. The van der Waals surface area contributed by atoms with Gasteiger partial charge in [0.05, 0.1) is 6.04 Å². The molecule has 0 aliphatic rings. The van der Waals surface area contributed by atoms with Gasteiger partial charge < -0.3 is 5.32 Å². The summed E-state index contributed by atoms with van der Waals surface area (Å²) in [6.07, 6.45) is 0. The average molecular weight is 266 g/mol. The molecule has 2 aromatic rings. The monoisotopic (exact) mass is 266 g/mol. The standard InChI is InChI=1S/C14H13F3N2/c1-8-3-5-10(6-4-8)9(2)18-14-12(16)7-11(15)13(17)19-14/h3-7,9H,1-2H3,(H,18,19). The topological polar surface area (TPSA) is 24.9 Å². The van der Waals surface area contributed by atoms with E-state index < -0.39 is 17.6 Å². The molecule has 0 aliphatic heterocycles. The van der Waals surface area contributed by atoms with Gasteiger partial charge in [-0.25, -0.2) is 8.78 Å². The van der Waals surface area contributed by atoms with Gasteiger partial charge in [0.2, 0.25) is 0 Å². The number of aryl methyl sites for hydroxylation is 1. The summed E-state index contributed by atoms with van der Waals surface area (Å²) in [5.74, 6) is -3.84. The molecule has 0 radical (unpaired) electrons. The molecule has 2 rings (SSSR count). The summed E-state index contributed by atoms with van der Waals surface area (Å²) in [7, 11) is 0. The molecule has 0 aliphatic carbocycles. The lowest BCUT2D eigenvalue weighted by Gasteiger charge is -2.15. The third kappa shape index (κ3) is 3.05. The van der Waals surface area contributed by atoms with Crippen molar-refractivity contribution in [2.24, 2.45) is 0 Å². The van der Waals surface area contributed by atoms with Crippen LogP contribution in [0.5, 0.6) is 0 Å². The molecule has 2 nitrogen and oxygen atoms in total. The fraction of sp³-hybridized carbons (Fsp3) is 0.214. The minimum atomic E-state index is -1.32. The minimum Gasteiger partial charge on any atom is -0.361 e. The quantitative estimate of drug-likeness (QED) is 0.850. The molecule has 0 fully saturated rings. The van der Waals surface area contributed by atoms with Crippen LogP contribution in [-0.2, 0) is 0 Å². The van der Waals surface area contributed by atoms with Crippen molar-refractivity contribution in [2.45, 2.75) is 19.9 Å². The molecular formula is C14H13F3N2. The van der Waals surface area contributed by atoms with Crippen LogP contribution >= 0.6 is 0 Å². The Hall–Kier alpha value is -2.04. The predicted molar refractivity (Wildman–Crippen MR) is 67.3 cm³/mol. The van der Waals surface area contributed by atoms with Gasteiger partial charge in [0.25, 0.3) is 5.95 Å². The van der Waals surface area contributed by atoms with Gasteiger partial charge in [-0.05, 0) is 19.4 Å². The van der Waals surface area contributed by atoms with Crippen molar-refractivity contribution in [1.29, 1.82) is 0 Å². The van der Waals surface area contributed by atoms with Crippen LogP contribution in [-0.4, -0.2) is 4.98 Å². The van der Waals surface area contributed by atoms with Crippen LogP contribution < -0.4 is 5.32 Å². The van der Waals surface area contributed by atoms with Crippen LogP contribution in [0.4, 0.5) is 19.0 Å². The summed E-state index contributed by atoms with van der Waals surface area (Å²) in [6.45, 7) is 3.74. The number of nitrogens with one attached hydrogen (secondary N) is 1. The molecule has 1 unspecified atom stereocenters. The number of halogens is 3. The van der Waals surface area contributed by atoms with Crippen molar-refractivity contribution in [1.82, 2.24) is 4.98 Å². The maximum Gasteiger partial charge on any atom is 0.251 e. The van der Waals surface area contributed by atoms with Gasteiger partial charge in [0.1, 0.15) is 0 Å². The lowest BCUT2D eigenvalue weighted by atomic mass is 10.1. The van der Waals surface area contributed by atoms with Crippen molar-refractivity contribution in [3.8, 4) is 0 Å². The van der Waals surface area contributed by atoms with E-state index in [1.807, 2.05) is 31.2 Å². The second-order valence-corrected chi connectivity index (χ2v) is 4.37.